The van der Waals surface area contributed by atoms with Crippen LogP contribution in [-0.4, -0.2) is 81.2 Å². The summed E-state index contributed by atoms with van der Waals surface area (Å²) in [5, 5.41) is 32.7. The van der Waals surface area contributed by atoms with Gasteiger partial charge in [-0.2, -0.15) is 0 Å². The number of hydrogen-bond acceptors (Lipinski definition) is 9. The third-order valence-corrected chi connectivity index (χ3v) is 13.3. The number of nitrogens with zero attached hydrogens (tertiary/aromatic N) is 2. The van der Waals surface area contributed by atoms with Gasteiger partial charge in [0.1, 0.15) is 23.0 Å². The Kier molecular flexibility index (Phi) is 22.9. The number of aliphatic carboxylic acids is 3. The van der Waals surface area contributed by atoms with Gasteiger partial charge in [0, 0.05) is 46.4 Å². The third kappa shape index (κ3) is 16.6. The quantitative estimate of drug-likeness (QED) is 0.0650. The van der Waals surface area contributed by atoms with Crippen LogP contribution in [-0.2, 0) is 45.5 Å². The van der Waals surface area contributed by atoms with Crippen molar-refractivity contribution in [2.45, 2.75) is 59.3 Å². The number of benzene rings is 7. The standard InChI is InChI=1S/C19H16ClNO4.C15H15NO3.C15H16O2.C14H14O3.K.H/c1-11-15(10-18(22)23)16-9-14(25-2)7-8-17(16)21(11)19(24)12-3-5-13(20)6-4-12;1-10-3-5-11(6-4-10)15(19)13-8-7-12(16(13)2)9-14(17)18;1-11(16)3-4-12-5-6-14-10-15(17-2)8-7-13(14)9-12;1-9(14(15)16)10-3-4-12-8-13(17-2)6-5-11(12)7-10;;/h3-9H,10H2,1-2H3,(H,22,23);3-8H,9H2,1-2H3,(H,17,18);5-10H,3-4H2,1-2H3;3-9H,1-2H3,(H,15,16);;/q;;;;+1;-1/t;;;9-;;/m...0../s1. The maximum Gasteiger partial charge on any atom is 1.00 e. The Labute approximate surface area is 507 Å². The van der Waals surface area contributed by atoms with E-state index in [1.807, 2.05) is 73.7 Å². The van der Waals surface area contributed by atoms with Crippen LogP contribution in [0.15, 0.2) is 152 Å². The van der Waals surface area contributed by atoms with Gasteiger partial charge in [-0.15, -0.1) is 0 Å². The van der Waals surface area contributed by atoms with Crippen LogP contribution >= 0.6 is 11.6 Å². The molecule has 0 bridgehead atoms. The molecule has 0 saturated heterocycles. The second kappa shape index (κ2) is 29.0. The van der Waals surface area contributed by atoms with Crippen molar-refractivity contribution < 1.29 is 111 Å². The summed E-state index contributed by atoms with van der Waals surface area (Å²) in [7, 11) is 6.55. The van der Waals surface area contributed by atoms with E-state index in [9.17, 15) is 33.9 Å². The Morgan fingerprint density at radius 1 is 0.608 bits per heavy atom. The number of carbonyl (C=O) groups excluding carboxylic acids is 3. The Balaban J connectivity index is 0.000000231. The van der Waals surface area contributed by atoms with Gasteiger partial charge in [0.25, 0.3) is 5.91 Å². The number of carboxylic acids is 3. The molecule has 2 aromatic heterocycles. The van der Waals surface area contributed by atoms with Crippen molar-refractivity contribution in [2.75, 3.05) is 21.3 Å². The maximum absolute atomic E-state index is 13.0. The predicted molar refractivity (Wildman–Crippen MR) is 304 cm³/mol. The number of hydrogen-bond donors (Lipinski definition) is 3. The van der Waals surface area contributed by atoms with Crippen molar-refractivity contribution in [2.24, 2.45) is 7.05 Å². The van der Waals surface area contributed by atoms with Gasteiger partial charge in [0.2, 0.25) is 5.78 Å². The second-order valence-corrected chi connectivity index (χ2v) is 18.9. The van der Waals surface area contributed by atoms with E-state index in [2.05, 4.69) is 18.2 Å². The van der Waals surface area contributed by atoms with Crippen molar-refractivity contribution in [3.63, 3.8) is 0 Å². The number of aromatic nitrogens is 2. The number of fused-ring (bicyclic) bond motifs is 3. The molecule has 0 aliphatic rings. The fraction of sp³-hybridized carbons (Fsp3) is 0.206. The third-order valence-electron chi connectivity index (χ3n) is 13.1. The van der Waals surface area contributed by atoms with E-state index in [4.69, 9.17) is 36.0 Å². The Hall–Kier alpha value is -7.37. The first-order valence-corrected chi connectivity index (χ1v) is 25.1. The minimum Gasteiger partial charge on any atom is -1.00 e. The van der Waals surface area contributed by atoms with Gasteiger partial charge in [0.05, 0.1) is 51.3 Å². The molecule has 9 aromatic rings. The molecule has 79 heavy (non-hydrogen) atoms. The zero-order valence-corrected chi connectivity index (χ0v) is 49.5. The first-order chi connectivity index (χ1) is 37.2. The number of halogens is 1. The maximum atomic E-state index is 13.0. The molecule has 9 rings (SSSR count). The number of carboxylic acid groups (broad SMARTS) is 3. The molecule has 0 spiro atoms. The molecule has 14 nitrogen and oxygen atoms in total. The van der Waals surface area contributed by atoms with E-state index in [-0.39, 0.29) is 83.1 Å². The van der Waals surface area contributed by atoms with E-state index in [1.54, 1.807) is 120 Å². The monoisotopic (exact) mass is 1110 g/mol. The summed E-state index contributed by atoms with van der Waals surface area (Å²) in [6.45, 7) is 7.03. The molecule has 3 N–H and O–H groups in total. The molecule has 0 unspecified atom stereocenters. The van der Waals surface area contributed by atoms with Gasteiger partial charge >= 0.3 is 69.3 Å². The number of ether oxygens (including phenoxy) is 3. The predicted octanol–water partition coefficient (Wildman–Crippen LogP) is 9.64. The van der Waals surface area contributed by atoms with Crippen molar-refractivity contribution in [3.8, 4) is 17.2 Å². The summed E-state index contributed by atoms with van der Waals surface area (Å²) in [5.74, 6) is -0.973. The number of rotatable bonds is 15. The zero-order valence-electron chi connectivity index (χ0n) is 46.6. The van der Waals surface area contributed by atoms with Gasteiger partial charge in [0.15, 0.2) is 0 Å². The minimum absolute atomic E-state index is 0. The van der Waals surface area contributed by atoms with Crippen molar-refractivity contribution in [1.82, 2.24) is 9.13 Å². The normalized spacial score (nSPS) is 10.8. The number of ketones is 2. The molecule has 2 heterocycles. The van der Waals surface area contributed by atoms with E-state index < -0.39 is 23.8 Å². The van der Waals surface area contributed by atoms with Crippen molar-refractivity contribution in [3.05, 3.63) is 207 Å². The molecule has 7 aromatic carbocycles. The van der Waals surface area contributed by atoms with Crippen molar-refractivity contribution in [1.29, 1.82) is 0 Å². The Morgan fingerprint density at radius 2 is 1.13 bits per heavy atom. The Bertz CT molecular complexity index is 3670. The summed E-state index contributed by atoms with van der Waals surface area (Å²) in [6.07, 6.45) is 1.17. The molecule has 404 valence electrons. The van der Waals surface area contributed by atoms with E-state index in [1.165, 1.54) is 15.5 Å². The number of aryl methyl sites for hydroxylation is 2. The average Bonchev–Trinajstić information content (AvgIpc) is 3.93. The van der Waals surface area contributed by atoms with Crippen LogP contribution in [0.4, 0.5) is 0 Å². The molecule has 0 fully saturated rings. The number of carbonyl (C=O) groups is 6. The molecule has 0 aliphatic heterocycles. The van der Waals surface area contributed by atoms with E-state index >= 15 is 0 Å². The van der Waals surface area contributed by atoms with Crippen LogP contribution in [0.3, 0.4) is 0 Å². The van der Waals surface area contributed by atoms with Crippen LogP contribution in [0.1, 0.15) is 87.7 Å². The number of methoxy groups -OCH3 is 3. The number of Topliss-reactive ketones (excluding diaryl/α,β-unsaturated/α-hetero) is 1. The molecule has 0 amide bonds. The molecular formula is C63H62ClKN2O12. The molecule has 0 saturated carbocycles. The molecular weight excluding hydrogens is 1050 g/mol. The fourth-order valence-electron chi connectivity index (χ4n) is 8.57. The van der Waals surface area contributed by atoms with E-state index in [0.717, 1.165) is 45.2 Å². The van der Waals surface area contributed by atoms with E-state index in [0.29, 0.717) is 61.9 Å². The summed E-state index contributed by atoms with van der Waals surface area (Å²) >= 11 is 5.89. The van der Waals surface area contributed by atoms with Crippen LogP contribution in [0.5, 0.6) is 17.2 Å². The van der Waals surface area contributed by atoms with Crippen LogP contribution in [0.25, 0.3) is 32.4 Å². The van der Waals surface area contributed by atoms with Gasteiger partial charge < -0.3 is 40.3 Å². The van der Waals surface area contributed by atoms with Crippen molar-refractivity contribution >= 4 is 79.4 Å². The first-order valence-electron chi connectivity index (χ1n) is 24.8. The van der Waals surface area contributed by atoms with Crippen LogP contribution in [0.2, 0.25) is 5.02 Å². The molecule has 1 atom stereocenters. The summed E-state index contributed by atoms with van der Waals surface area (Å²) in [4.78, 5) is 69.1. The minimum atomic E-state index is -0.955. The smallest absolute Gasteiger partial charge is 1.00 e. The summed E-state index contributed by atoms with van der Waals surface area (Å²) in [5.41, 5.74) is 7.16. The second-order valence-electron chi connectivity index (χ2n) is 18.5. The average molecular weight is 1110 g/mol. The Morgan fingerprint density at radius 3 is 1.68 bits per heavy atom. The fourth-order valence-corrected chi connectivity index (χ4v) is 8.70. The van der Waals surface area contributed by atoms with Crippen LogP contribution < -0.4 is 65.6 Å². The van der Waals surface area contributed by atoms with Gasteiger partial charge in [-0.05, 0) is 151 Å². The summed E-state index contributed by atoms with van der Waals surface area (Å²) in [6, 6.07) is 46.3. The molecule has 0 aliphatic carbocycles. The van der Waals surface area contributed by atoms with Gasteiger partial charge in [-0.25, -0.2) is 0 Å². The SMILES string of the molecule is COc1ccc2c(c1)c(CC(=O)O)c(C)n2C(=O)c1ccc(Cl)cc1.COc1ccc2cc(CCC(C)=O)ccc2c1.COc1ccc2cc([C@H](C)C(=O)O)ccc2c1.Cc1ccc(C(=O)c2ccc(CC(=O)O)n2C)cc1.[H-].[K+]. The summed E-state index contributed by atoms with van der Waals surface area (Å²) < 4.78 is 18.7. The topological polar surface area (TPSA) is 201 Å². The van der Waals surface area contributed by atoms with Crippen LogP contribution in [0, 0.1) is 13.8 Å². The molecule has 0 radical (unpaired) electrons. The first kappa shape index (κ1) is 62.5. The zero-order chi connectivity index (χ0) is 56.8. The molecule has 16 heteroatoms. The van der Waals surface area contributed by atoms with Gasteiger partial charge in [-0.1, -0.05) is 90.0 Å². The van der Waals surface area contributed by atoms with Gasteiger partial charge in [-0.3, -0.25) is 28.5 Å². The largest absolute Gasteiger partial charge is 1.00 e.